The third-order valence-corrected chi connectivity index (χ3v) is 5.32. The van der Waals surface area contributed by atoms with Gasteiger partial charge < -0.3 is 9.80 Å². The summed E-state index contributed by atoms with van der Waals surface area (Å²) >= 11 is 0. The first-order chi connectivity index (χ1) is 9.79. The molecular formula is C16H23N3O+2. The Kier molecular flexibility index (Phi) is 2.84. The lowest BCUT2D eigenvalue weighted by atomic mass is 9.72. The van der Waals surface area contributed by atoms with Crippen LogP contribution in [0.4, 0.5) is 0 Å². The Hall–Kier alpha value is -1.36. The number of hydroxylamine groups is 1. The molecule has 4 aliphatic rings. The Morgan fingerprint density at radius 3 is 2.30 bits per heavy atom. The first-order valence-corrected chi connectivity index (χ1v) is 7.63. The highest BCUT2D eigenvalue weighted by molar-refractivity contribution is 5.29. The van der Waals surface area contributed by atoms with Crippen LogP contribution in [0.1, 0.15) is 5.56 Å². The lowest BCUT2D eigenvalue weighted by molar-refractivity contribution is -0.918. The summed E-state index contributed by atoms with van der Waals surface area (Å²) in [6, 6.07) is 10.7. The average molecular weight is 273 g/mol. The van der Waals surface area contributed by atoms with Crippen LogP contribution in [0.2, 0.25) is 0 Å². The van der Waals surface area contributed by atoms with Gasteiger partial charge in [-0.2, -0.15) is 0 Å². The van der Waals surface area contributed by atoms with E-state index >= 15 is 0 Å². The van der Waals surface area contributed by atoms with E-state index in [0.29, 0.717) is 0 Å². The molecule has 4 heteroatoms. The third kappa shape index (κ3) is 1.87. The number of benzene rings is 1. The zero-order valence-corrected chi connectivity index (χ0v) is 11.8. The first-order valence-electron chi connectivity index (χ1n) is 7.63. The summed E-state index contributed by atoms with van der Waals surface area (Å²) < 4.78 is 0. The van der Waals surface area contributed by atoms with Crippen molar-refractivity contribution in [2.45, 2.75) is 6.42 Å². The van der Waals surface area contributed by atoms with E-state index in [4.69, 9.17) is 0 Å². The smallest absolute Gasteiger partial charge is 0.127 e. The normalized spacial score (nSPS) is 35.2. The second-order valence-corrected chi connectivity index (χ2v) is 6.74. The van der Waals surface area contributed by atoms with Crippen LogP contribution in [-0.2, 0) is 6.42 Å². The summed E-state index contributed by atoms with van der Waals surface area (Å²) in [5.74, 6) is 0. The highest BCUT2D eigenvalue weighted by atomic mass is 16.5. The van der Waals surface area contributed by atoms with Gasteiger partial charge in [0.15, 0.2) is 0 Å². The fourth-order valence-electron chi connectivity index (χ4n) is 4.64. The van der Waals surface area contributed by atoms with Crippen molar-refractivity contribution in [3.8, 4) is 0 Å². The van der Waals surface area contributed by atoms with Gasteiger partial charge in [0.2, 0.25) is 0 Å². The molecule has 0 spiro atoms. The van der Waals surface area contributed by atoms with E-state index in [1.54, 1.807) is 9.80 Å². The molecule has 2 atom stereocenters. The molecule has 0 amide bonds. The maximum atomic E-state index is 9.71. The molecule has 4 aliphatic heterocycles. The molecule has 4 N–H and O–H groups in total. The summed E-state index contributed by atoms with van der Waals surface area (Å²) in [5.41, 5.74) is 6.65. The number of hydrogen-bond acceptors (Lipinski definition) is 2. The molecule has 2 saturated heterocycles. The number of nitrogens with one attached hydrogen (secondary N) is 3. The highest BCUT2D eigenvalue weighted by Crippen LogP contribution is 2.33. The lowest BCUT2D eigenvalue weighted by Gasteiger charge is -2.43. The minimum atomic E-state index is 0.100. The molecule has 2 unspecified atom stereocenters. The molecule has 20 heavy (non-hydrogen) atoms. The fourth-order valence-corrected chi connectivity index (χ4v) is 4.64. The van der Waals surface area contributed by atoms with Crippen molar-refractivity contribution in [1.82, 2.24) is 5.48 Å². The zero-order valence-electron chi connectivity index (χ0n) is 11.8. The van der Waals surface area contributed by atoms with E-state index < -0.39 is 0 Å². The molecule has 106 valence electrons. The van der Waals surface area contributed by atoms with E-state index in [1.165, 1.54) is 24.2 Å². The maximum Gasteiger partial charge on any atom is 0.127 e. The topological polar surface area (TPSA) is 41.1 Å². The van der Waals surface area contributed by atoms with Gasteiger partial charge in [-0.05, 0) is 12.0 Å². The third-order valence-electron chi connectivity index (χ3n) is 5.32. The largest absolute Gasteiger partial charge is 0.326 e. The van der Waals surface area contributed by atoms with Crippen LogP contribution in [0.15, 0.2) is 41.6 Å². The summed E-state index contributed by atoms with van der Waals surface area (Å²) in [5, 5.41) is 9.71. The van der Waals surface area contributed by atoms with E-state index in [1.807, 2.05) is 0 Å². The Morgan fingerprint density at radius 2 is 1.70 bits per heavy atom. The van der Waals surface area contributed by atoms with Crippen molar-refractivity contribution in [3.05, 3.63) is 47.2 Å². The SMILES string of the molecule is ONC1=C2C[NH+]3CC[NH+](C2)CC1(Cc1ccccc1)C3. The zero-order chi connectivity index (χ0) is 13.6. The Bertz CT molecular complexity index is 522. The van der Waals surface area contributed by atoms with Gasteiger partial charge in [0, 0.05) is 0 Å². The Labute approximate surface area is 119 Å². The molecule has 0 saturated carbocycles. The average Bonchev–Trinajstić information content (AvgIpc) is 2.68. The molecule has 0 aliphatic carbocycles. The van der Waals surface area contributed by atoms with Gasteiger partial charge in [-0.3, -0.25) is 10.7 Å². The van der Waals surface area contributed by atoms with Crippen LogP contribution in [0.25, 0.3) is 0 Å². The van der Waals surface area contributed by atoms with E-state index in [9.17, 15) is 5.21 Å². The first kappa shape index (κ1) is 12.4. The fraction of sp³-hybridized carbons (Fsp3) is 0.500. The minimum Gasteiger partial charge on any atom is -0.326 e. The molecular weight excluding hydrogens is 250 g/mol. The Balaban J connectivity index is 1.76. The number of quaternary nitrogens is 2. The van der Waals surface area contributed by atoms with Crippen molar-refractivity contribution in [2.75, 3.05) is 39.3 Å². The molecule has 1 aromatic carbocycles. The van der Waals surface area contributed by atoms with Crippen LogP contribution in [0.5, 0.6) is 0 Å². The number of hydrogen-bond donors (Lipinski definition) is 4. The van der Waals surface area contributed by atoms with Gasteiger partial charge in [-0.15, -0.1) is 0 Å². The molecule has 1 aromatic rings. The van der Waals surface area contributed by atoms with Crippen molar-refractivity contribution in [1.29, 1.82) is 0 Å². The highest BCUT2D eigenvalue weighted by Gasteiger charge is 2.53. The lowest BCUT2D eigenvalue weighted by Crippen LogP contribution is -3.14. The van der Waals surface area contributed by atoms with Gasteiger partial charge in [-0.25, -0.2) is 0 Å². The van der Waals surface area contributed by atoms with Crippen LogP contribution in [0.3, 0.4) is 0 Å². The van der Waals surface area contributed by atoms with Crippen molar-refractivity contribution >= 4 is 0 Å². The summed E-state index contributed by atoms with van der Waals surface area (Å²) in [6.07, 6.45) is 1.03. The van der Waals surface area contributed by atoms with Gasteiger partial charge in [0.25, 0.3) is 0 Å². The van der Waals surface area contributed by atoms with Crippen LogP contribution >= 0.6 is 0 Å². The maximum absolute atomic E-state index is 9.71. The van der Waals surface area contributed by atoms with Crippen molar-refractivity contribution < 1.29 is 15.0 Å². The monoisotopic (exact) mass is 273 g/mol. The van der Waals surface area contributed by atoms with Crippen molar-refractivity contribution in [3.63, 3.8) is 0 Å². The molecule has 4 bridgehead atoms. The van der Waals surface area contributed by atoms with E-state index in [-0.39, 0.29) is 5.41 Å². The van der Waals surface area contributed by atoms with Crippen LogP contribution in [-0.4, -0.2) is 44.5 Å². The number of rotatable bonds is 3. The summed E-state index contributed by atoms with van der Waals surface area (Å²) in [6.45, 7) is 7.07. The summed E-state index contributed by atoms with van der Waals surface area (Å²) in [7, 11) is 0. The molecule has 4 nitrogen and oxygen atoms in total. The molecule has 2 fully saturated rings. The number of fused-ring (bicyclic) bond motifs is 1. The minimum absolute atomic E-state index is 0.100. The van der Waals surface area contributed by atoms with Gasteiger partial charge in [0.05, 0.1) is 24.4 Å². The predicted octanol–water partition coefficient (Wildman–Crippen LogP) is -1.74. The van der Waals surface area contributed by atoms with Gasteiger partial charge in [-0.1, -0.05) is 30.3 Å². The standard InChI is InChI=1S/C16H21N3O/c20-17-15-14-9-18-6-7-19(10-14)12-16(15,11-18)8-13-4-2-1-3-5-13/h1-5,17,20H,6-12H2/p+2. The molecule has 4 heterocycles. The summed E-state index contributed by atoms with van der Waals surface area (Å²) in [4.78, 5) is 3.39. The van der Waals surface area contributed by atoms with E-state index in [0.717, 1.165) is 38.3 Å². The Morgan fingerprint density at radius 1 is 1.05 bits per heavy atom. The molecule has 5 rings (SSSR count). The second kappa shape index (κ2) is 4.58. The second-order valence-electron chi connectivity index (χ2n) is 6.74. The van der Waals surface area contributed by atoms with Gasteiger partial charge >= 0.3 is 0 Å². The quantitative estimate of drug-likeness (QED) is 0.494. The van der Waals surface area contributed by atoms with E-state index in [2.05, 4.69) is 35.8 Å². The van der Waals surface area contributed by atoms with Gasteiger partial charge in [0.1, 0.15) is 31.6 Å². The van der Waals surface area contributed by atoms with Crippen molar-refractivity contribution in [2.24, 2.45) is 5.41 Å². The molecule has 0 aromatic heterocycles. The van der Waals surface area contributed by atoms with Crippen LogP contribution < -0.4 is 15.3 Å². The predicted molar refractivity (Wildman–Crippen MR) is 75.7 cm³/mol. The molecule has 0 radical (unpaired) electrons. The van der Waals surface area contributed by atoms with Crippen LogP contribution in [0, 0.1) is 5.41 Å².